The first-order chi connectivity index (χ1) is 10.3. The van der Waals surface area contributed by atoms with Gasteiger partial charge in [-0.1, -0.05) is 30.3 Å². The van der Waals surface area contributed by atoms with Crippen LogP contribution in [0.1, 0.15) is 17.8 Å². The van der Waals surface area contributed by atoms with Crippen LogP contribution in [0.25, 0.3) is 10.4 Å². The lowest BCUT2D eigenvalue weighted by molar-refractivity contribution is -0.0617. The van der Waals surface area contributed by atoms with Crippen LogP contribution in [0.3, 0.4) is 0 Å². The molecule has 2 aromatic rings. The molecule has 1 aliphatic heterocycles. The van der Waals surface area contributed by atoms with E-state index in [4.69, 9.17) is 4.74 Å². The summed E-state index contributed by atoms with van der Waals surface area (Å²) in [4.78, 5) is 5.63. The molecule has 1 aromatic heterocycles. The molecule has 0 saturated carbocycles. The number of nitrogens with one attached hydrogen (secondary N) is 1. The van der Waals surface area contributed by atoms with Crippen LogP contribution < -0.4 is 5.32 Å². The fourth-order valence-corrected chi connectivity index (χ4v) is 3.35. The smallest absolute Gasteiger partial charge is 0.107 e. The number of hydrogen-bond acceptors (Lipinski definition) is 5. The van der Waals surface area contributed by atoms with Crippen molar-refractivity contribution in [3.8, 4) is 10.4 Å². The Kier molecular flexibility index (Phi) is 4.65. The van der Waals surface area contributed by atoms with Gasteiger partial charge in [-0.3, -0.25) is 0 Å². The number of nitrogens with zero attached hydrogens (tertiary/aromatic N) is 1. The van der Waals surface area contributed by atoms with E-state index in [2.05, 4.69) is 22.4 Å². The lowest BCUT2D eigenvalue weighted by atomic mass is 9.94. The first-order valence-electron chi connectivity index (χ1n) is 7.26. The van der Waals surface area contributed by atoms with Crippen LogP contribution in [0, 0.1) is 0 Å². The standard InChI is InChI=1S/C16H20N2O2S/c19-16(6-8-20-9-7-16)12-17-11-15-18-10-14(21-15)13-4-2-1-3-5-13/h1-5,10,17,19H,6-9,11-12H2. The summed E-state index contributed by atoms with van der Waals surface area (Å²) in [6, 6.07) is 10.3. The van der Waals surface area contributed by atoms with E-state index in [0.717, 1.165) is 5.01 Å². The third-order valence-corrected chi connectivity index (χ3v) is 4.81. The van der Waals surface area contributed by atoms with Crippen molar-refractivity contribution in [2.75, 3.05) is 19.8 Å². The van der Waals surface area contributed by atoms with Gasteiger partial charge in [0.1, 0.15) is 5.01 Å². The Morgan fingerprint density at radius 3 is 2.76 bits per heavy atom. The Bertz CT molecular complexity index is 565. The predicted octanol–water partition coefficient (Wildman–Crippen LogP) is 2.44. The summed E-state index contributed by atoms with van der Waals surface area (Å²) in [5.74, 6) is 0. The normalized spacial score (nSPS) is 17.8. The summed E-state index contributed by atoms with van der Waals surface area (Å²) in [5, 5.41) is 14.7. The van der Waals surface area contributed by atoms with Gasteiger partial charge in [0.25, 0.3) is 0 Å². The van der Waals surface area contributed by atoms with Crippen LogP contribution in [0.15, 0.2) is 36.5 Å². The molecule has 4 nitrogen and oxygen atoms in total. The minimum absolute atomic E-state index is 0.594. The van der Waals surface area contributed by atoms with Crippen molar-refractivity contribution in [3.05, 3.63) is 41.5 Å². The molecule has 0 atom stereocenters. The Morgan fingerprint density at radius 2 is 2.00 bits per heavy atom. The summed E-state index contributed by atoms with van der Waals surface area (Å²) in [5.41, 5.74) is 0.571. The summed E-state index contributed by atoms with van der Waals surface area (Å²) in [7, 11) is 0. The number of ether oxygens (including phenoxy) is 1. The fraction of sp³-hybridized carbons (Fsp3) is 0.438. The van der Waals surface area contributed by atoms with Gasteiger partial charge in [0.05, 0.1) is 10.5 Å². The van der Waals surface area contributed by atoms with Gasteiger partial charge >= 0.3 is 0 Å². The van der Waals surface area contributed by atoms with E-state index in [9.17, 15) is 5.11 Å². The third kappa shape index (κ3) is 3.89. The van der Waals surface area contributed by atoms with Gasteiger partial charge in [0.2, 0.25) is 0 Å². The maximum Gasteiger partial charge on any atom is 0.107 e. The van der Waals surface area contributed by atoms with Gasteiger partial charge in [-0.05, 0) is 5.56 Å². The van der Waals surface area contributed by atoms with Crippen LogP contribution >= 0.6 is 11.3 Å². The van der Waals surface area contributed by atoms with Gasteiger partial charge in [-0.15, -0.1) is 11.3 Å². The maximum atomic E-state index is 10.4. The minimum atomic E-state index is -0.627. The monoisotopic (exact) mass is 304 g/mol. The molecule has 5 heteroatoms. The summed E-state index contributed by atoms with van der Waals surface area (Å²) >= 11 is 1.69. The molecule has 1 aliphatic rings. The Balaban J connectivity index is 1.53. The molecule has 2 N–H and O–H groups in total. The highest BCUT2D eigenvalue weighted by Gasteiger charge is 2.29. The zero-order valence-electron chi connectivity index (χ0n) is 11.9. The van der Waals surface area contributed by atoms with Crippen molar-refractivity contribution in [2.45, 2.75) is 25.0 Å². The SMILES string of the molecule is OC1(CNCc2ncc(-c3ccccc3)s2)CCOCC1. The average Bonchev–Trinajstić information content (AvgIpc) is 2.98. The predicted molar refractivity (Wildman–Crippen MR) is 84.3 cm³/mol. The van der Waals surface area contributed by atoms with Crippen molar-refractivity contribution in [1.82, 2.24) is 10.3 Å². The second kappa shape index (κ2) is 6.66. The first-order valence-corrected chi connectivity index (χ1v) is 8.08. The van der Waals surface area contributed by atoms with E-state index < -0.39 is 5.60 Å². The molecule has 0 bridgehead atoms. The van der Waals surface area contributed by atoms with Crippen molar-refractivity contribution in [2.24, 2.45) is 0 Å². The fourth-order valence-electron chi connectivity index (χ4n) is 2.46. The van der Waals surface area contributed by atoms with Crippen LogP contribution in [-0.4, -0.2) is 35.5 Å². The van der Waals surface area contributed by atoms with Crippen molar-refractivity contribution in [3.63, 3.8) is 0 Å². The number of aromatic nitrogens is 1. The molecule has 1 aromatic carbocycles. The molecule has 1 saturated heterocycles. The zero-order valence-corrected chi connectivity index (χ0v) is 12.7. The van der Waals surface area contributed by atoms with Gasteiger partial charge in [-0.25, -0.2) is 4.98 Å². The molecule has 1 fully saturated rings. The third-order valence-electron chi connectivity index (χ3n) is 3.77. The molecule has 0 amide bonds. The van der Waals surface area contributed by atoms with Crippen LogP contribution in [-0.2, 0) is 11.3 Å². The zero-order chi connectivity index (χ0) is 14.5. The van der Waals surface area contributed by atoms with E-state index in [0.29, 0.717) is 39.1 Å². The summed E-state index contributed by atoms with van der Waals surface area (Å²) < 4.78 is 5.28. The van der Waals surface area contributed by atoms with Crippen LogP contribution in [0.2, 0.25) is 0 Å². The highest BCUT2D eigenvalue weighted by molar-refractivity contribution is 7.15. The molecule has 112 valence electrons. The van der Waals surface area contributed by atoms with Crippen molar-refractivity contribution in [1.29, 1.82) is 0 Å². The molecular formula is C16H20N2O2S. The summed E-state index contributed by atoms with van der Waals surface area (Å²) in [6.07, 6.45) is 3.32. The largest absolute Gasteiger partial charge is 0.388 e. The summed E-state index contributed by atoms with van der Waals surface area (Å²) in [6.45, 7) is 2.58. The van der Waals surface area contributed by atoms with E-state index >= 15 is 0 Å². The minimum Gasteiger partial charge on any atom is -0.388 e. The topological polar surface area (TPSA) is 54.4 Å². The molecule has 0 radical (unpaired) electrons. The molecule has 3 rings (SSSR count). The van der Waals surface area contributed by atoms with Gasteiger partial charge in [0, 0.05) is 45.3 Å². The van der Waals surface area contributed by atoms with E-state index in [1.54, 1.807) is 11.3 Å². The number of hydrogen-bond donors (Lipinski definition) is 2. The highest BCUT2D eigenvalue weighted by atomic mass is 32.1. The maximum absolute atomic E-state index is 10.4. The molecule has 0 unspecified atom stereocenters. The number of rotatable bonds is 5. The van der Waals surface area contributed by atoms with E-state index in [-0.39, 0.29) is 0 Å². The Labute approximate surface area is 128 Å². The van der Waals surface area contributed by atoms with Crippen LogP contribution in [0.5, 0.6) is 0 Å². The van der Waals surface area contributed by atoms with E-state index in [1.165, 1.54) is 10.4 Å². The van der Waals surface area contributed by atoms with Crippen LogP contribution in [0.4, 0.5) is 0 Å². The average molecular weight is 304 g/mol. The number of thiazole rings is 1. The number of aliphatic hydroxyl groups is 1. The molecule has 2 heterocycles. The first kappa shape index (κ1) is 14.7. The van der Waals surface area contributed by atoms with Crippen molar-refractivity contribution >= 4 is 11.3 Å². The number of benzene rings is 1. The van der Waals surface area contributed by atoms with Gasteiger partial charge < -0.3 is 15.2 Å². The van der Waals surface area contributed by atoms with Gasteiger partial charge in [0.15, 0.2) is 0 Å². The highest BCUT2D eigenvalue weighted by Crippen LogP contribution is 2.26. The molecule has 0 spiro atoms. The second-order valence-electron chi connectivity index (χ2n) is 5.42. The Morgan fingerprint density at radius 1 is 1.24 bits per heavy atom. The second-order valence-corrected chi connectivity index (χ2v) is 6.54. The quantitative estimate of drug-likeness (QED) is 0.891. The Hall–Kier alpha value is -1.27. The van der Waals surface area contributed by atoms with Gasteiger partial charge in [-0.2, -0.15) is 0 Å². The molecule has 21 heavy (non-hydrogen) atoms. The van der Waals surface area contributed by atoms with Crippen molar-refractivity contribution < 1.29 is 9.84 Å². The lowest BCUT2D eigenvalue weighted by Crippen LogP contribution is -2.44. The van der Waals surface area contributed by atoms with E-state index in [1.807, 2.05) is 24.4 Å². The molecule has 0 aliphatic carbocycles. The lowest BCUT2D eigenvalue weighted by Gasteiger charge is -2.32. The molecular weight excluding hydrogens is 284 g/mol.